The minimum atomic E-state index is -3.60. The van der Waals surface area contributed by atoms with Crippen LogP contribution < -0.4 is 9.21 Å². The number of anilines is 2. The van der Waals surface area contributed by atoms with Gasteiger partial charge in [-0.05, 0) is 43.7 Å². The Kier molecular flexibility index (Phi) is 5.93. The molecule has 1 amide bonds. The smallest absolute Gasteiger partial charge is 0.246 e. The van der Waals surface area contributed by atoms with Crippen LogP contribution in [-0.2, 0) is 14.8 Å². The van der Waals surface area contributed by atoms with E-state index in [0.717, 1.165) is 30.6 Å². The molecule has 150 valence electrons. The van der Waals surface area contributed by atoms with Gasteiger partial charge in [-0.2, -0.15) is 0 Å². The van der Waals surface area contributed by atoms with Gasteiger partial charge in [0.15, 0.2) is 0 Å². The van der Waals surface area contributed by atoms with Crippen LogP contribution >= 0.6 is 0 Å². The quantitative estimate of drug-likeness (QED) is 0.772. The second kappa shape index (κ2) is 8.22. The van der Waals surface area contributed by atoms with Crippen molar-refractivity contribution in [2.75, 3.05) is 41.6 Å². The standard InChI is InChI=1S/C21H27N3O3S/c1-17-8-7-11-20(16-17)24(28(3,26)27)18(2)21(25)23-14-12-22(13-15-23)19-9-5-4-6-10-19/h4-11,16,18H,12-15H2,1-3H3/t18-/m1/s1. The molecule has 0 aromatic heterocycles. The monoisotopic (exact) mass is 401 g/mol. The Morgan fingerprint density at radius 1 is 1.00 bits per heavy atom. The van der Waals surface area contributed by atoms with E-state index in [2.05, 4.69) is 17.0 Å². The molecule has 28 heavy (non-hydrogen) atoms. The van der Waals surface area contributed by atoms with E-state index in [1.165, 1.54) is 4.31 Å². The van der Waals surface area contributed by atoms with Gasteiger partial charge in [-0.15, -0.1) is 0 Å². The van der Waals surface area contributed by atoms with Gasteiger partial charge in [-0.25, -0.2) is 8.42 Å². The van der Waals surface area contributed by atoms with Gasteiger partial charge in [-0.3, -0.25) is 9.10 Å². The van der Waals surface area contributed by atoms with Crippen molar-refractivity contribution in [3.8, 4) is 0 Å². The Labute approximate surface area is 167 Å². The number of hydrogen-bond acceptors (Lipinski definition) is 4. The van der Waals surface area contributed by atoms with Gasteiger partial charge in [0.05, 0.1) is 11.9 Å². The van der Waals surface area contributed by atoms with E-state index in [1.54, 1.807) is 30.0 Å². The molecule has 2 aromatic rings. The van der Waals surface area contributed by atoms with Crippen LogP contribution in [0.3, 0.4) is 0 Å². The van der Waals surface area contributed by atoms with Gasteiger partial charge >= 0.3 is 0 Å². The molecule has 0 unspecified atom stereocenters. The van der Waals surface area contributed by atoms with Crippen LogP contribution in [0.4, 0.5) is 11.4 Å². The molecule has 1 aliphatic rings. The Bertz CT molecular complexity index is 923. The van der Waals surface area contributed by atoms with Gasteiger partial charge in [0.2, 0.25) is 15.9 Å². The summed E-state index contributed by atoms with van der Waals surface area (Å²) in [6, 6.07) is 16.5. The van der Waals surface area contributed by atoms with E-state index < -0.39 is 16.1 Å². The molecule has 0 spiro atoms. The second-order valence-electron chi connectivity index (χ2n) is 7.22. The van der Waals surface area contributed by atoms with Crippen LogP contribution in [0, 0.1) is 6.92 Å². The first-order valence-corrected chi connectivity index (χ1v) is 11.3. The van der Waals surface area contributed by atoms with Crippen LogP contribution in [0.25, 0.3) is 0 Å². The van der Waals surface area contributed by atoms with Gasteiger partial charge < -0.3 is 9.80 Å². The molecular formula is C21H27N3O3S. The highest BCUT2D eigenvalue weighted by Gasteiger charge is 2.33. The lowest BCUT2D eigenvalue weighted by Crippen LogP contribution is -2.55. The molecule has 3 rings (SSSR count). The molecule has 6 nitrogen and oxygen atoms in total. The van der Waals surface area contributed by atoms with Crippen molar-refractivity contribution in [3.63, 3.8) is 0 Å². The number of benzene rings is 2. The number of carbonyl (C=O) groups is 1. The summed E-state index contributed by atoms with van der Waals surface area (Å²) in [6.07, 6.45) is 1.15. The highest BCUT2D eigenvalue weighted by atomic mass is 32.2. The molecule has 0 saturated carbocycles. The summed E-state index contributed by atoms with van der Waals surface area (Å²) >= 11 is 0. The largest absolute Gasteiger partial charge is 0.368 e. The molecular weight excluding hydrogens is 374 g/mol. The molecule has 1 aliphatic heterocycles. The zero-order valence-corrected chi connectivity index (χ0v) is 17.4. The van der Waals surface area contributed by atoms with Crippen LogP contribution in [0.5, 0.6) is 0 Å². The van der Waals surface area contributed by atoms with Crippen LogP contribution in [0.2, 0.25) is 0 Å². The molecule has 0 radical (unpaired) electrons. The van der Waals surface area contributed by atoms with E-state index in [0.29, 0.717) is 18.8 Å². The third kappa shape index (κ3) is 4.47. The summed E-state index contributed by atoms with van der Waals surface area (Å²) in [4.78, 5) is 17.1. The maximum atomic E-state index is 13.1. The molecule has 7 heteroatoms. The fourth-order valence-corrected chi connectivity index (χ4v) is 4.82. The first-order valence-electron chi connectivity index (χ1n) is 9.42. The fraction of sp³-hybridized carbons (Fsp3) is 0.381. The predicted molar refractivity (Wildman–Crippen MR) is 113 cm³/mol. The van der Waals surface area contributed by atoms with E-state index in [1.807, 2.05) is 31.2 Å². The number of carbonyl (C=O) groups excluding carboxylic acids is 1. The number of nitrogens with zero attached hydrogens (tertiary/aromatic N) is 3. The molecule has 2 aromatic carbocycles. The Morgan fingerprint density at radius 2 is 1.64 bits per heavy atom. The lowest BCUT2D eigenvalue weighted by Gasteiger charge is -2.39. The maximum Gasteiger partial charge on any atom is 0.246 e. The minimum Gasteiger partial charge on any atom is -0.368 e. The van der Waals surface area contributed by atoms with Crippen molar-refractivity contribution in [2.45, 2.75) is 19.9 Å². The van der Waals surface area contributed by atoms with Crippen molar-refractivity contribution in [1.82, 2.24) is 4.90 Å². The summed E-state index contributed by atoms with van der Waals surface area (Å²) in [6.45, 7) is 6.17. The molecule has 0 bridgehead atoms. The molecule has 0 aliphatic carbocycles. The minimum absolute atomic E-state index is 0.167. The first-order chi connectivity index (χ1) is 13.3. The topological polar surface area (TPSA) is 60.9 Å². The highest BCUT2D eigenvalue weighted by Crippen LogP contribution is 2.23. The maximum absolute atomic E-state index is 13.1. The summed E-state index contributed by atoms with van der Waals surface area (Å²) in [5, 5.41) is 0. The fourth-order valence-electron chi connectivity index (χ4n) is 3.66. The summed E-state index contributed by atoms with van der Waals surface area (Å²) in [7, 11) is -3.60. The van der Waals surface area contributed by atoms with Gasteiger partial charge in [0, 0.05) is 31.9 Å². The summed E-state index contributed by atoms with van der Waals surface area (Å²) in [5.74, 6) is -0.167. The Hall–Kier alpha value is -2.54. The van der Waals surface area contributed by atoms with Crippen molar-refractivity contribution in [2.24, 2.45) is 0 Å². The highest BCUT2D eigenvalue weighted by molar-refractivity contribution is 7.92. The molecule has 1 heterocycles. The Balaban J connectivity index is 1.74. The molecule has 1 saturated heterocycles. The number of sulfonamides is 1. The lowest BCUT2D eigenvalue weighted by atomic mass is 10.2. The van der Waals surface area contributed by atoms with Gasteiger partial charge in [0.1, 0.15) is 6.04 Å². The predicted octanol–water partition coefficient (Wildman–Crippen LogP) is 2.50. The Morgan fingerprint density at radius 3 is 2.21 bits per heavy atom. The normalized spacial score (nSPS) is 16.0. The third-order valence-corrected chi connectivity index (χ3v) is 6.28. The number of aryl methyl sites for hydroxylation is 1. The van der Waals surface area contributed by atoms with Crippen molar-refractivity contribution in [1.29, 1.82) is 0 Å². The third-order valence-electron chi connectivity index (χ3n) is 5.04. The molecule has 1 atom stereocenters. The number of piperazine rings is 1. The van der Waals surface area contributed by atoms with Crippen molar-refractivity contribution >= 4 is 27.3 Å². The van der Waals surface area contributed by atoms with Gasteiger partial charge in [-0.1, -0.05) is 30.3 Å². The SMILES string of the molecule is Cc1cccc(N([C@H](C)C(=O)N2CCN(c3ccccc3)CC2)S(C)(=O)=O)c1. The van der Waals surface area contributed by atoms with Crippen LogP contribution in [-0.4, -0.2) is 57.7 Å². The van der Waals surface area contributed by atoms with E-state index in [4.69, 9.17) is 0 Å². The van der Waals surface area contributed by atoms with Crippen molar-refractivity contribution < 1.29 is 13.2 Å². The van der Waals surface area contributed by atoms with Crippen LogP contribution in [0.1, 0.15) is 12.5 Å². The van der Waals surface area contributed by atoms with Crippen LogP contribution in [0.15, 0.2) is 54.6 Å². The average molecular weight is 402 g/mol. The molecule has 1 fully saturated rings. The van der Waals surface area contributed by atoms with E-state index in [9.17, 15) is 13.2 Å². The number of hydrogen-bond donors (Lipinski definition) is 0. The number of amides is 1. The lowest BCUT2D eigenvalue weighted by molar-refractivity contribution is -0.132. The number of para-hydroxylation sites is 1. The zero-order valence-electron chi connectivity index (χ0n) is 16.6. The summed E-state index contributed by atoms with van der Waals surface area (Å²) in [5.41, 5.74) is 2.61. The van der Waals surface area contributed by atoms with Gasteiger partial charge in [0.25, 0.3) is 0 Å². The first kappa shape index (κ1) is 20.2. The second-order valence-corrected chi connectivity index (χ2v) is 9.08. The zero-order chi connectivity index (χ0) is 20.3. The van der Waals surface area contributed by atoms with Crippen molar-refractivity contribution in [3.05, 3.63) is 60.2 Å². The number of rotatable bonds is 5. The summed E-state index contributed by atoms with van der Waals surface area (Å²) < 4.78 is 26.1. The molecule has 0 N–H and O–H groups in total. The van der Waals surface area contributed by atoms with E-state index in [-0.39, 0.29) is 5.91 Å². The average Bonchev–Trinajstić information content (AvgIpc) is 2.67. The van der Waals surface area contributed by atoms with E-state index >= 15 is 0 Å².